The highest BCUT2D eigenvalue weighted by Crippen LogP contribution is 2.33. The molecule has 1 amide bonds. The first-order valence-electron chi connectivity index (χ1n) is 10.7. The van der Waals surface area contributed by atoms with E-state index in [1.54, 1.807) is 20.8 Å². The van der Waals surface area contributed by atoms with Gasteiger partial charge in [-0.05, 0) is 45.4 Å². The summed E-state index contributed by atoms with van der Waals surface area (Å²) in [5.41, 5.74) is 0.280. The van der Waals surface area contributed by atoms with E-state index in [0.29, 0.717) is 27.9 Å². The Morgan fingerprint density at radius 3 is 2.31 bits per heavy atom. The predicted octanol–water partition coefficient (Wildman–Crippen LogP) is 5.71. The molecular formula is C23H22F5N5O2. The lowest BCUT2D eigenvalue weighted by atomic mass is 10.0. The quantitative estimate of drug-likeness (QED) is 0.435. The highest BCUT2D eigenvalue weighted by atomic mass is 19.4. The lowest BCUT2D eigenvalue weighted by molar-refractivity contribution is -0.137. The average molecular weight is 495 g/mol. The molecule has 0 aliphatic carbocycles. The van der Waals surface area contributed by atoms with Crippen LogP contribution in [0.1, 0.15) is 44.1 Å². The third-order valence-electron chi connectivity index (χ3n) is 5.24. The number of ether oxygens (including phenoxy) is 1. The van der Waals surface area contributed by atoms with Gasteiger partial charge in [0.25, 0.3) is 0 Å². The molecule has 0 spiro atoms. The third kappa shape index (κ3) is 5.41. The summed E-state index contributed by atoms with van der Waals surface area (Å²) in [6, 6.07) is 5.68. The molecule has 0 saturated carbocycles. The van der Waals surface area contributed by atoms with Gasteiger partial charge < -0.3 is 9.64 Å². The Labute approximate surface area is 197 Å². The smallest absolute Gasteiger partial charge is 0.416 e. The van der Waals surface area contributed by atoms with Crippen molar-refractivity contribution < 1.29 is 31.5 Å². The molecule has 0 fully saturated rings. The minimum absolute atomic E-state index is 0.0585. The Kier molecular flexibility index (Phi) is 6.24. The van der Waals surface area contributed by atoms with Gasteiger partial charge in [0.15, 0.2) is 5.82 Å². The Balaban J connectivity index is 1.77. The van der Waals surface area contributed by atoms with Crippen LogP contribution >= 0.6 is 0 Å². The van der Waals surface area contributed by atoms with Crippen molar-refractivity contribution in [1.82, 2.24) is 24.6 Å². The van der Waals surface area contributed by atoms with E-state index >= 15 is 0 Å². The molecule has 3 heterocycles. The Hall–Kier alpha value is -3.57. The van der Waals surface area contributed by atoms with Crippen molar-refractivity contribution in [3.63, 3.8) is 0 Å². The van der Waals surface area contributed by atoms with E-state index in [2.05, 4.69) is 15.1 Å². The van der Waals surface area contributed by atoms with Crippen molar-refractivity contribution in [2.45, 2.75) is 52.1 Å². The van der Waals surface area contributed by atoms with E-state index in [1.807, 2.05) is 0 Å². The first-order chi connectivity index (χ1) is 16.3. The zero-order chi connectivity index (χ0) is 25.5. The second-order valence-electron chi connectivity index (χ2n) is 9.01. The van der Waals surface area contributed by atoms with Crippen LogP contribution in [0.5, 0.6) is 0 Å². The van der Waals surface area contributed by atoms with Crippen molar-refractivity contribution in [2.24, 2.45) is 0 Å². The number of hydrogen-bond donors (Lipinski definition) is 0. The standard InChI is InChI=1S/C23H22F5N5O2/c1-22(2,3)35-21(34)32-10-8-15-17(12-32)29-19(13-4-6-14(7-5-13)23(26,27)28)30-18(15)16-9-11-33(31-16)20(24)25/h4-7,9,11,20H,8,10,12H2,1-3H3. The third-order valence-corrected chi connectivity index (χ3v) is 5.24. The molecule has 0 atom stereocenters. The molecule has 0 unspecified atom stereocenters. The normalized spacial score (nSPS) is 14.3. The number of rotatable bonds is 3. The summed E-state index contributed by atoms with van der Waals surface area (Å²) in [5, 5.41) is 3.89. The fourth-order valence-corrected chi connectivity index (χ4v) is 3.64. The van der Waals surface area contributed by atoms with Crippen LogP contribution in [0.25, 0.3) is 22.8 Å². The van der Waals surface area contributed by atoms with Crippen molar-refractivity contribution in [2.75, 3.05) is 6.54 Å². The van der Waals surface area contributed by atoms with Gasteiger partial charge in [-0.1, -0.05) is 12.1 Å². The molecule has 1 aliphatic rings. The largest absolute Gasteiger partial charge is 0.444 e. The van der Waals surface area contributed by atoms with Gasteiger partial charge in [-0.25, -0.2) is 19.4 Å². The van der Waals surface area contributed by atoms with E-state index < -0.39 is 30.0 Å². The van der Waals surface area contributed by atoms with Crippen LogP contribution in [0.15, 0.2) is 36.5 Å². The average Bonchev–Trinajstić information content (AvgIpc) is 3.27. The van der Waals surface area contributed by atoms with Crippen LogP contribution in [0.2, 0.25) is 0 Å². The number of aromatic nitrogens is 4. The van der Waals surface area contributed by atoms with Crippen LogP contribution in [0.4, 0.5) is 26.7 Å². The van der Waals surface area contributed by atoms with Crippen molar-refractivity contribution in [3.05, 3.63) is 53.3 Å². The zero-order valence-corrected chi connectivity index (χ0v) is 19.1. The number of alkyl halides is 5. The molecule has 186 valence electrons. The molecular weight excluding hydrogens is 473 g/mol. The van der Waals surface area contributed by atoms with E-state index in [4.69, 9.17) is 4.74 Å². The van der Waals surface area contributed by atoms with Gasteiger partial charge in [0.1, 0.15) is 11.3 Å². The molecule has 12 heteroatoms. The number of fused-ring (bicyclic) bond motifs is 1. The summed E-state index contributed by atoms with van der Waals surface area (Å²) in [4.78, 5) is 23.0. The topological polar surface area (TPSA) is 73.1 Å². The number of carbonyl (C=O) groups is 1. The lowest BCUT2D eigenvalue weighted by Crippen LogP contribution is -2.40. The van der Waals surface area contributed by atoms with Crippen molar-refractivity contribution in [3.8, 4) is 22.8 Å². The van der Waals surface area contributed by atoms with Crippen LogP contribution in [-0.2, 0) is 23.9 Å². The maximum atomic E-state index is 13.1. The van der Waals surface area contributed by atoms with E-state index in [9.17, 15) is 26.7 Å². The monoisotopic (exact) mass is 495 g/mol. The summed E-state index contributed by atoms with van der Waals surface area (Å²) in [5.74, 6) is 0.0881. The molecule has 0 bridgehead atoms. The van der Waals surface area contributed by atoms with Crippen molar-refractivity contribution >= 4 is 6.09 Å². The fraction of sp³-hybridized carbons (Fsp3) is 0.391. The minimum atomic E-state index is -4.50. The molecule has 4 rings (SSSR count). The van der Waals surface area contributed by atoms with E-state index in [0.717, 1.165) is 18.3 Å². The number of carbonyl (C=O) groups excluding carboxylic acids is 1. The number of amides is 1. The van der Waals surface area contributed by atoms with Crippen LogP contribution < -0.4 is 0 Å². The number of halogens is 5. The molecule has 35 heavy (non-hydrogen) atoms. The summed E-state index contributed by atoms with van der Waals surface area (Å²) in [7, 11) is 0. The molecule has 0 radical (unpaired) electrons. The second kappa shape index (κ2) is 8.90. The fourth-order valence-electron chi connectivity index (χ4n) is 3.64. The molecule has 1 aliphatic heterocycles. The van der Waals surface area contributed by atoms with Crippen molar-refractivity contribution in [1.29, 1.82) is 0 Å². The van der Waals surface area contributed by atoms with Gasteiger partial charge in [-0.2, -0.15) is 27.1 Å². The molecule has 0 N–H and O–H groups in total. The highest BCUT2D eigenvalue weighted by molar-refractivity contribution is 5.70. The second-order valence-corrected chi connectivity index (χ2v) is 9.01. The number of hydrogen-bond acceptors (Lipinski definition) is 5. The molecule has 7 nitrogen and oxygen atoms in total. The van der Waals surface area contributed by atoms with Gasteiger partial charge >= 0.3 is 18.8 Å². The van der Waals surface area contributed by atoms with E-state index in [1.165, 1.54) is 23.1 Å². The maximum Gasteiger partial charge on any atom is 0.416 e. The summed E-state index contributed by atoms with van der Waals surface area (Å²) >= 11 is 0. The summed E-state index contributed by atoms with van der Waals surface area (Å²) < 4.78 is 71.1. The van der Waals surface area contributed by atoms with Gasteiger partial charge in [0.05, 0.1) is 23.5 Å². The summed E-state index contributed by atoms with van der Waals surface area (Å²) in [6.45, 7) is 2.72. The zero-order valence-electron chi connectivity index (χ0n) is 19.1. The molecule has 3 aromatic rings. The van der Waals surface area contributed by atoms with Gasteiger partial charge in [-0.15, -0.1) is 0 Å². The predicted molar refractivity (Wildman–Crippen MR) is 115 cm³/mol. The maximum absolute atomic E-state index is 13.1. The molecule has 1 aromatic carbocycles. The minimum Gasteiger partial charge on any atom is -0.444 e. The Bertz CT molecular complexity index is 1230. The van der Waals surface area contributed by atoms with Crippen LogP contribution in [0.3, 0.4) is 0 Å². The summed E-state index contributed by atoms with van der Waals surface area (Å²) in [6.07, 6.45) is -3.61. The first-order valence-corrected chi connectivity index (χ1v) is 10.7. The highest BCUT2D eigenvalue weighted by Gasteiger charge is 2.31. The Morgan fingerprint density at radius 1 is 1.06 bits per heavy atom. The Morgan fingerprint density at radius 2 is 1.74 bits per heavy atom. The number of benzene rings is 1. The lowest BCUT2D eigenvalue weighted by Gasteiger charge is -2.31. The van der Waals surface area contributed by atoms with Gasteiger partial charge in [0, 0.05) is 23.9 Å². The van der Waals surface area contributed by atoms with Gasteiger partial charge in [-0.3, -0.25) is 0 Å². The first kappa shape index (κ1) is 24.6. The van der Waals surface area contributed by atoms with Crippen LogP contribution in [-0.4, -0.2) is 42.9 Å². The van der Waals surface area contributed by atoms with E-state index in [-0.39, 0.29) is 30.3 Å². The SMILES string of the molecule is CC(C)(C)OC(=O)N1CCc2c(nc(-c3ccc(C(F)(F)F)cc3)nc2-c2ccn(C(F)F)n2)C1. The molecule has 2 aromatic heterocycles. The number of nitrogens with zero attached hydrogens (tertiary/aromatic N) is 5. The molecule has 0 saturated heterocycles. The van der Waals surface area contributed by atoms with Gasteiger partial charge in [0.2, 0.25) is 0 Å². The van der Waals surface area contributed by atoms with Crippen LogP contribution in [0, 0.1) is 0 Å².